The van der Waals surface area contributed by atoms with Crippen molar-refractivity contribution < 1.29 is 0 Å². The Morgan fingerprint density at radius 1 is 1.19 bits per heavy atom. The van der Waals surface area contributed by atoms with Crippen molar-refractivity contribution in [1.29, 1.82) is 0 Å². The molecule has 1 rings (SSSR count). The van der Waals surface area contributed by atoms with E-state index in [0.717, 1.165) is 0 Å². The lowest BCUT2D eigenvalue weighted by atomic mass is 10.2. The van der Waals surface area contributed by atoms with E-state index in [9.17, 15) is 0 Å². The summed E-state index contributed by atoms with van der Waals surface area (Å²) < 4.78 is -1.63. The monoisotopic (exact) mass is 282 g/mol. The van der Waals surface area contributed by atoms with Crippen LogP contribution in [0.15, 0.2) is 0 Å². The predicted molar refractivity (Wildman–Crippen MR) is 67.3 cm³/mol. The van der Waals surface area contributed by atoms with Gasteiger partial charge in [-0.2, -0.15) is 9.97 Å². The average Bonchev–Trinajstić information content (AvgIpc) is 2.16. The summed E-state index contributed by atoms with van der Waals surface area (Å²) in [6.07, 6.45) is 0. The van der Waals surface area contributed by atoms with E-state index in [2.05, 4.69) is 20.3 Å². The predicted octanol–water partition coefficient (Wildman–Crippen LogP) is 3.25. The molecule has 0 saturated heterocycles. The minimum atomic E-state index is -1.63. The van der Waals surface area contributed by atoms with Crippen LogP contribution in [0.4, 0.5) is 5.95 Å². The number of nitrogens with zero attached hydrogens (tertiary/aromatic N) is 3. The molecule has 0 saturated carbocycles. The Labute approximate surface area is 110 Å². The molecule has 0 radical (unpaired) electrons. The largest absolute Gasteiger partial charge is 0.354 e. The number of anilines is 1. The zero-order valence-corrected chi connectivity index (χ0v) is 11.5. The Kier molecular flexibility index (Phi) is 4.59. The number of hydrogen-bond donors (Lipinski definition) is 1. The maximum Gasteiger partial charge on any atom is 0.250 e. The normalized spacial score (nSPS) is 11.9. The van der Waals surface area contributed by atoms with Crippen molar-refractivity contribution in [3.63, 3.8) is 0 Å². The minimum absolute atomic E-state index is 0.145. The van der Waals surface area contributed by atoms with Gasteiger partial charge in [0.05, 0.1) is 0 Å². The fourth-order valence-electron chi connectivity index (χ4n) is 1.01. The summed E-state index contributed by atoms with van der Waals surface area (Å²) in [6.45, 7) is 6.56. The molecule has 0 aromatic carbocycles. The Morgan fingerprint density at radius 2 is 1.81 bits per heavy atom. The van der Waals surface area contributed by atoms with Gasteiger partial charge in [0.1, 0.15) is 5.82 Å². The van der Waals surface area contributed by atoms with Crippen LogP contribution in [0.5, 0.6) is 0 Å². The highest BCUT2D eigenvalue weighted by molar-refractivity contribution is 6.66. The maximum absolute atomic E-state index is 5.76. The van der Waals surface area contributed by atoms with E-state index in [-0.39, 0.29) is 11.7 Å². The molecule has 0 aliphatic heterocycles. The van der Waals surface area contributed by atoms with E-state index in [1.807, 2.05) is 20.8 Å². The van der Waals surface area contributed by atoms with Crippen molar-refractivity contribution in [2.75, 3.05) is 11.9 Å². The summed E-state index contributed by atoms with van der Waals surface area (Å²) in [5, 5.41) is 2.98. The lowest BCUT2D eigenvalue weighted by molar-refractivity contribution is 0.738. The first-order valence-electron chi connectivity index (χ1n) is 4.91. The first-order valence-corrected chi connectivity index (χ1v) is 6.05. The minimum Gasteiger partial charge on any atom is -0.354 e. The van der Waals surface area contributed by atoms with Gasteiger partial charge >= 0.3 is 0 Å². The third-order valence-electron chi connectivity index (χ3n) is 1.76. The van der Waals surface area contributed by atoms with Gasteiger partial charge in [0.2, 0.25) is 9.74 Å². The second-order valence-corrected chi connectivity index (χ2v) is 5.80. The third kappa shape index (κ3) is 3.61. The number of halogens is 3. The number of alkyl halides is 3. The molecule has 0 fully saturated rings. The van der Waals surface area contributed by atoms with Crippen LogP contribution in [0, 0.1) is 0 Å². The Balaban J connectivity index is 3.19. The van der Waals surface area contributed by atoms with Crippen molar-refractivity contribution in [3.8, 4) is 0 Å². The van der Waals surface area contributed by atoms with Gasteiger partial charge in [0.15, 0.2) is 5.82 Å². The van der Waals surface area contributed by atoms with Crippen LogP contribution < -0.4 is 5.32 Å². The summed E-state index contributed by atoms with van der Waals surface area (Å²) in [5.74, 6) is 1.33. The topological polar surface area (TPSA) is 50.7 Å². The molecule has 1 aromatic heterocycles. The molecule has 0 atom stereocenters. The highest BCUT2D eigenvalue weighted by atomic mass is 35.6. The lowest BCUT2D eigenvalue weighted by Crippen LogP contribution is -2.15. The van der Waals surface area contributed by atoms with E-state index in [4.69, 9.17) is 34.8 Å². The molecule has 0 amide bonds. The highest BCUT2D eigenvalue weighted by Gasteiger charge is 2.28. The molecule has 16 heavy (non-hydrogen) atoms. The van der Waals surface area contributed by atoms with Gasteiger partial charge in [-0.25, -0.2) is 4.98 Å². The summed E-state index contributed by atoms with van der Waals surface area (Å²) in [7, 11) is 0. The SMILES string of the molecule is CCNc1nc(C(C)C)nc(C(Cl)(Cl)Cl)n1. The summed E-state index contributed by atoms with van der Waals surface area (Å²) in [6, 6.07) is 0. The van der Waals surface area contributed by atoms with Gasteiger partial charge in [-0.3, -0.25) is 0 Å². The average molecular weight is 284 g/mol. The number of rotatable bonds is 3. The van der Waals surface area contributed by atoms with Gasteiger partial charge < -0.3 is 5.32 Å². The number of hydrogen-bond acceptors (Lipinski definition) is 4. The van der Waals surface area contributed by atoms with E-state index in [1.165, 1.54) is 0 Å². The fraction of sp³-hybridized carbons (Fsp3) is 0.667. The Bertz CT molecular complexity index is 362. The lowest BCUT2D eigenvalue weighted by Gasteiger charge is -2.13. The van der Waals surface area contributed by atoms with Crippen molar-refractivity contribution in [2.24, 2.45) is 0 Å². The molecular formula is C9H13Cl3N4. The maximum atomic E-state index is 5.76. The Hall–Kier alpha value is -0.320. The standard InChI is InChI=1S/C9H13Cl3N4/c1-4-13-8-15-6(5(2)3)14-7(16-8)9(10,11)12/h5H,4H2,1-3H3,(H,13,14,15,16). The molecule has 90 valence electrons. The second kappa shape index (κ2) is 5.34. The molecule has 0 spiro atoms. The van der Waals surface area contributed by atoms with Gasteiger partial charge in [-0.15, -0.1) is 0 Å². The van der Waals surface area contributed by atoms with Crippen LogP contribution in [-0.4, -0.2) is 21.5 Å². The summed E-state index contributed by atoms with van der Waals surface area (Å²) in [4.78, 5) is 12.4. The molecule has 7 heteroatoms. The van der Waals surface area contributed by atoms with Crippen LogP contribution in [-0.2, 0) is 3.79 Å². The molecular weight excluding hydrogens is 270 g/mol. The van der Waals surface area contributed by atoms with E-state index in [1.54, 1.807) is 0 Å². The molecule has 0 unspecified atom stereocenters. The second-order valence-electron chi connectivity index (χ2n) is 3.52. The molecule has 0 aliphatic carbocycles. The zero-order valence-electron chi connectivity index (χ0n) is 9.26. The van der Waals surface area contributed by atoms with E-state index >= 15 is 0 Å². The van der Waals surface area contributed by atoms with Crippen LogP contribution in [0.2, 0.25) is 0 Å². The molecule has 1 heterocycles. The van der Waals surface area contributed by atoms with Gasteiger partial charge in [0.25, 0.3) is 0 Å². The quantitative estimate of drug-likeness (QED) is 0.865. The number of nitrogens with one attached hydrogen (secondary N) is 1. The van der Waals surface area contributed by atoms with Gasteiger partial charge in [0, 0.05) is 12.5 Å². The van der Waals surface area contributed by atoms with Crippen molar-refractivity contribution in [2.45, 2.75) is 30.5 Å². The van der Waals surface area contributed by atoms with Crippen LogP contribution in [0.3, 0.4) is 0 Å². The fourth-order valence-corrected chi connectivity index (χ4v) is 1.27. The van der Waals surface area contributed by atoms with Crippen LogP contribution in [0.1, 0.15) is 38.3 Å². The molecule has 0 bridgehead atoms. The zero-order chi connectivity index (χ0) is 12.3. The highest BCUT2D eigenvalue weighted by Crippen LogP contribution is 2.36. The van der Waals surface area contributed by atoms with Gasteiger partial charge in [-0.1, -0.05) is 48.7 Å². The van der Waals surface area contributed by atoms with E-state index < -0.39 is 3.79 Å². The summed E-state index contributed by atoms with van der Waals surface area (Å²) in [5.41, 5.74) is 0. The summed E-state index contributed by atoms with van der Waals surface area (Å²) >= 11 is 17.3. The first kappa shape index (κ1) is 13.7. The van der Waals surface area contributed by atoms with Crippen molar-refractivity contribution in [3.05, 3.63) is 11.6 Å². The smallest absolute Gasteiger partial charge is 0.250 e. The molecule has 1 aromatic rings. The molecule has 1 N–H and O–H groups in total. The van der Waals surface area contributed by atoms with Crippen LogP contribution >= 0.6 is 34.8 Å². The molecule has 0 aliphatic rings. The third-order valence-corrected chi connectivity index (χ3v) is 2.26. The van der Waals surface area contributed by atoms with Gasteiger partial charge in [-0.05, 0) is 6.92 Å². The first-order chi connectivity index (χ1) is 7.34. The van der Waals surface area contributed by atoms with Crippen molar-refractivity contribution in [1.82, 2.24) is 15.0 Å². The van der Waals surface area contributed by atoms with Crippen molar-refractivity contribution >= 4 is 40.8 Å². The van der Waals surface area contributed by atoms with Crippen LogP contribution in [0.25, 0.3) is 0 Å². The number of aromatic nitrogens is 3. The van der Waals surface area contributed by atoms with E-state index in [0.29, 0.717) is 18.3 Å². The Morgan fingerprint density at radius 3 is 2.25 bits per heavy atom. The molecule has 4 nitrogen and oxygen atoms in total.